The highest BCUT2D eigenvalue weighted by Crippen LogP contribution is 2.23. The maximum absolute atomic E-state index is 5.81. The second kappa shape index (κ2) is 8.15. The minimum atomic E-state index is -0.0784. The molecular formula is C17H29N5O. The lowest BCUT2D eigenvalue weighted by molar-refractivity contribution is 0.0243. The van der Waals surface area contributed by atoms with Crippen LogP contribution in [-0.2, 0) is 11.3 Å². The molecule has 0 aliphatic carbocycles. The highest BCUT2D eigenvalue weighted by atomic mass is 16.5. The van der Waals surface area contributed by atoms with E-state index in [1.807, 2.05) is 31.3 Å². The number of rotatable bonds is 6. The zero-order valence-corrected chi connectivity index (χ0v) is 14.7. The summed E-state index contributed by atoms with van der Waals surface area (Å²) in [5, 5.41) is 6.69. The van der Waals surface area contributed by atoms with E-state index in [2.05, 4.69) is 40.5 Å². The molecule has 1 aromatic heterocycles. The molecule has 1 fully saturated rings. The maximum Gasteiger partial charge on any atom is 0.191 e. The van der Waals surface area contributed by atoms with Gasteiger partial charge in [-0.15, -0.1) is 0 Å². The number of hydrogen-bond acceptors (Lipinski definition) is 4. The molecule has 1 aliphatic rings. The highest BCUT2D eigenvalue weighted by Gasteiger charge is 2.29. The van der Waals surface area contributed by atoms with Crippen molar-refractivity contribution in [3.63, 3.8) is 0 Å². The van der Waals surface area contributed by atoms with Crippen LogP contribution >= 0.6 is 0 Å². The first-order valence-electron chi connectivity index (χ1n) is 8.31. The summed E-state index contributed by atoms with van der Waals surface area (Å²) in [6.45, 7) is 7.32. The third-order valence-electron chi connectivity index (χ3n) is 3.96. The molecule has 0 radical (unpaired) electrons. The van der Waals surface area contributed by atoms with Gasteiger partial charge in [0.15, 0.2) is 5.96 Å². The molecule has 23 heavy (non-hydrogen) atoms. The minimum Gasteiger partial charge on any atom is -0.373 e. The minimum absolute atomic E-state index is 0.0784. The topological polar surface area (TPSA) is 61.8 Å². The summed E-state index contributed by atoms with van der Waals surface area (Å²) in [4.78, 5) is 11.0. The van der Waals surface area contributed by atoms with Crippen molar-refractivity contribution in [3.05, 3.63) is 23.9 Å². The van der Waals surface area contributed by atoms with Crippen LogP contribution in [0, 0.1) is 0 Å². The predicted molar refractivity (Wildman–Crippen MR) is 95.0 cm³/mol. The number of pyridine rings is 1. The molecule has 2 N–H and O–H groups in total. The van der Waals surface area contributed by atoms with Crippen LogP contribution in [0.5, 0.6) is 0 Å². The third kappa shape index (κ3) is 5.39. The fourth-order valence-corrected chi connectivity index (χ4v) is 2.56. The first kappa shape index (κ1) is 17.5. The average molecular weight is 319 g/mol. The molecule has 6 nitrogen and oxygen atoms in total. The highest BCUT2D eigenvalue weighted by molar-refractivity contribution is 5.79. The van der Waals surface area contributed by atoms with Crippen LogP contribution in [-0.4, -0.2) is 50.3 Å². The molecule has 2 heterocycles. The second-order valence-corrected chi connectivity index (χ2v) is 6.37. The van der Waals surface area contributed by atoms with Gasteiger partial charge in [-0.1, -0.05) is 0 Å². The first-order valence-corrected chi connectivity index (χ1v) is 8.31. The van der Waals surface area contributed by atoms with Crippen molar-refractivity contribution in [3.8, 4) is 0 Å². The second-order valence-electron chi connectivity index (χ2n) is 6.37. The molecule has 1 aliphatic heterocycles. The molecule has 128 valence electrons. The van der Waals surface area contributed by atoms with Gasteiger partial charge in [0.25, 0.3) is 0 Å². The SMILES string of the molecule is CCNC(=NCc1ccnc(N(C)C)c1)NCC1(C)CCCO1. The van der Waals surface area contributed by atoms with Gasteiger partial charge in [-0.25, -0.2) is 9.98 Å². The Hall–Kier alpha value is -1.82. The average Bonchev–Trinajstić information content (AvgIpc) is 2.97. The Bertz CT molecular complexity index is 523. The van der Waals surface area contributed by atoms with Crippen molar-refractivity contribution in [1.82, 2.24) is 15.6 Å². The third-order valence-corrected chi connectivity index (χ3v) is 3.96. The van der Waals surface area contributed by atoms with Crippen LogP contribution in [0.4, 0.5) is 5.82 Å². The summed E-state index contributed by atoms with van der Waals surface area (Å²) in [6, 6.07) is 4.07. The van der Waals surface area contributed by atoms with Gasteiger partial charge in [-0.05, 0) is 44.4 Å². The Morgan fingerprint density at radius 3 is 2.91 bits per heavy atom. The van der Waals surface area contributed by atoms with Crippen LogP contribution < -0.4 is 15.5 Å². The molecule has 6 heteroatoms. The largest absolute Gasteiger partial charge is 0.373 e. The number of guanidine groups is 1. The number of anilines is 1. The van der Waals surface area contributed by atoms with Gasteiger partial charge in [0.05, 0.1) is 12.1 Å². The van der Waals surface area contributed by atoms with E-state index in [9.17, 15) is 0 Å². The van der Waals surface area contributed by atoms with Gasteiger partial charge in [-0.2, -0.15) is 0 Å². The number of aromatic nitrogens is 1. The van der Waals surface area contributed by atoms with E-state index in [4.69, 9.17) is 4.74 Å². The zero-order valence-electron chi connectivity index (χ0n) is 14.7. The van der Waals surface area contributed by atoms with E-state index < -0.39 is 0 Å². The number of nitrogens with one attached hydrogen (secondary N) is 2. The Kier molecular flexibility index (Phi) is 6.21. The van der Waals surface area contributed by atoms with E-state index >= 15 is 0 Å². The molecule has 0 spiro atoms. The molecule has 0 amide bonds. The summed E-state index contributed by atoms with van der Waals surface area (Å²) in [6.07, 6.45) is 4.06. The van der Waals surface area contributed by atoms with Gasteiger partial charge >= 0.3 is 0 Å². The van der Waals surface area contributed by atoms with Crippen molar-refractivity contribution >= 4 is 11.8 Å². The summed E-state index contributed by atoms with van der Waals surface area (Å²) in [7, 11) is 3.98. The fraction of sp³-hybridized carbons (Fsp3) is 0.647. The summed E-state index contributed by atoms with van der Waals surface area (Å²) < 4.78 is 5.81. The zero-order chi connectivity index (χ0) is 16.7. The molecular weight excluding hydrogens is 290 g/mol. The maximum atomic E-state index is 5.81. The van der Waals surface area contributed by atoms with Crippen molar-refractivity contribution in [1.29, 1.82) is 0 Å². The van der Waals surface area contributed by atoms with Crippen LogP contribution in [0.2, 0.25) is 0 Å². The Labute approximate surface area is 139 Å². The Morgan fingerprint density at radius 1 is 1.43 bits per heavy atom. The van der Waals surface area contributed by atoms with Crippen LogP contribution in [0.25, 0.3) is 0 Å². The summed E-state index contributed by atoms with van der Waals surface area (Å²) in [5.41, 5.74) is 1.06. The van der Waals surface area contributed by atoms with Crippen molar-refractivity contribution in [2.24, 2.45) is 4.99 Å². The van der Waals surface area contributed by atoms with Gasteiger partial charge in [0, 0.05) is 40.0 Å². The van der Waals surface area contributed by atoms with Gasteiger partial charge in [0.2, 0.25) is 0 Å². The first-order chi connectivity index (χ1) is 11.0. The molecule has 1 aromatic rings. The monoisotopic (exact) mass is 319 g/mol. The standard InChI is InChI=1S/C17H29N5O/c1-5-18-16(21-13-17(2)8-6-10-23-17)20-12-14-7-9-19-15(11-14)22(3)4/h7,9,11H,5-6,8,10,12-13H2,1-4H3,(H2,18,20,21). The molecule has 1 atom stereocenters. The van der Waals surface area contributed by atoms with E-state index in [-0.39, 0.29) is 5.60 Å². The molecule has 0 saturated carbocycles. The van der Waals surface area contributed by atoms with Crippen molar-refractivity contribution in [2.45, 2.75) is 38.8 Å². The van der Waals surface area contributed by atoms with Crippen LogP contribution in [0.15, 0.2) is 23.3 Å². The Balaban J connectivity index is 1.96. The van der Waals surface area contributed by atoms with E-state index in [0.29, 0.717) is 6.54 Å². The summed E-state index contributed by atoms with van der Waals surface area (Å²) >= 11 is 0. The molecule has 1 saturated heterocycles. The van der Waals surface area contributed by atoms with Crippen molar-refractivity contribution in [2.75, 3.05) is 38.7 Å². The van der Waals surface area contributed by atoms with E-state index in [1.165, 1.54) is 0 Å². The fourth-order valence-electron chi connectivity index (χ4n) is 2.56. The normalized spacial score (nSPS) is 21.3. The number of aliphatic imine (C=N–C) groups is 1. The van der Waals surface area contributed by atoms with Crippen molar-refractivity contribution < 1.29 is 4.74 Å². The molecule has 2 rings (SSSR count). The van der Waals surface area contributed by atoms with E-state index in [1.54, 1.807) is 0 Å². The molecule has 0 bridgehead atoms. The smallest absolute Gasteiger partial charge is 0.191 e. The van der Waals surface area contributed by atoms with Gasteiger partial charge in [-0.3, -0.25) is 0 Å². The Morgan fingerprint density at radius 2 is 2.26 bits per heavy atom. The van der Waals surface area contributed by atoms with Crippen LogP contribution in [0.1, 0.15) is 32.3 Å². The lowest BCUT2D eigenvalue weighted by atomic mass is 10.0. The van der Waals surface area contributed by atoms with E-state index in [0.717, 1.165) is 49.9 Å². The van der Waals surface area contributed by atoms with Gasteiger partial charge < -0.3 is 20.3 Å². The lowest BCUT2D eigenvalue weighted by Gasteiger charge is -2.24. The molecule has 0 aromatic carbocycles. The quantitative estimate of drug-likeness (QED) is 0.618. The van der Waals surface area contributed by atoms with Gasteiger partial charge in [0.1, 0.15) is 5.82 Å². The summed E-state index contributed by atoms with van der Waals surface area (Å²) in [5.74, 6) is 1.77. The molecule has 1 unspecified atom stereocenters. The number of hydrogen-bond donors (Lipinski definition) is 2. The predicted octanol–water partition coefficient (Wildman–Crippen LogP) is 1.77. The number of ether oxygens (including phenoxy) is 1. The lowest BCUT2D eigenvalue weighted by Crippen LogP contribution is -2.45. The number of nitrogens with zero attached hydrogens (tertiary/aromatic N) is 3. The van der Waals surface area contributed by atoms with Crippen LogP contribution in [0.3, 0.4) is 0 Å².